The van der Waals surface area contributed by atoms with E-state index in [1.165, 1.54) is 12.1 Å². The van der Waals surface area contributed by atoms with E-state index >= 15 is 0 Å². The number of hydrogen-bond acceptors (Lipinski definition) is 5. The van der Waals surface area contributed by atoms with Crippen molar-refractivity contribution in [1.82, 2.24) is 0 Å². The molecule has 5 nitrogen and oxygen atoms in total. The van der Waals surface area contributed by atoms with Crippen LogP contribution in [0.25, 0.3) is 0 Å². The third-order valence-electron chi connectivity index (χ3n) is 3.38. The van der Waals surface area contributed by atoms with Crippen LogP contribution in [-0.4, -0.2) is 22.3 Å². The van der Waals surface area contributed by atoms with Crippen molar-refractivity contribution in [3.05, 3.63) is 69.8 Å². The van der Waals surface area contributed by atoms with Crippen LogP contribution in [0, 0.1) is 10.1 Å². The Morgan fingerprint density at radius 1 is 1.13 bits per heavy atom. The van der Waals surface area contributed by atoms with Crippen molar-refractivity contribution in [2.24, 2.45) is 0 Å². The highest BCUT2D eigenvalue weighted by atomic mass is 32.2. The number of para-hydroxylation sites is 1. The SMILES string of the molecule is O=C(Nc1cccc(C2SCCS2)c1)c1ccccc1[N+](=O)[O-]. The molecule has 0 saturated carbocycles. The van der Waals surface area contributed by atoms with Crippen LogP contribution < -0.4 is 5.32 Å². The Morgan fingerprint density at radius 3 is 2.61 bits per heavy atom. The Bertz CT molecular complexity index is 746. The van der Waals surface area contributed by atoms with Crippen molar-refractivity contribution in [2.75, 3.05) is 16.8 Å². The fourth-order valence-corrected chi connectivity index (χ4v) is 5.18. The van der Waals surface area contributed by atoms with E-state index in [0.29, 0.717) is 10.3 Å². The summed E-state index contributed by atoms with van der Waals surface area (Å²) in [7, 11) is 0. The number of nitro groups is 1. The molecule has 1 saturated heterocycles. The first kappa shape index (κ1) is 15.9. The average Bonchev–Trinajstić information content (AvgIpc) is 3.09. The second-order valence-electron chi connectivity index (χ2n) is 4.93. The molecule has 0 bridgehead atoms. The van der Waals surface area contributed by atoms with Gasteiger partial charge in [-0.1, -0.05) is 24.3 Å². The van der Waals surface area contributed by atoms with Crippen LogP contribution in [0.2, 0.25) is 0 Å². The Balaban J connectivity index is 1.81. The van der Waals surface area contributed by atoms with Crippen LogP contribution in [0.4, 0.5) is 11.4 Å². The number of nitro benzene ring substituents is 1. The van der Waals surface area contributed by atoms with Gasteiger partial charge in [0.1, 0.15) is 5.56 Å². The smallest absolute Gasteiger partial charge is 0.282 e. The van der Waals surface area contributed by atoms with Gasteiger partial charge in [0.25, 0.3) is 11.6 Å². The average molecular weight is 346 g/mol. The monoisotopic (exact) mass is 346 g/mol. The van der Waals surface area contributed by atoms with Gasteiger partial charge in [0.2, 0.25) is 0 Å². The van der Waals surface area contributed by atoms with E-state index in [1.54, 1.807) is 18.2 Å². The summed E-state index contributed by atoms with van der Waals surface area (Å²) in [5.74, 6) is 1.78. The maximum absolute atomic E-state index is 12.3. The fourth-order valence-electron chi connectivity index (χ4n) is 2.34. The lowest BCUT2D eigenvalue weighted by atomic mass is 10.1. The number of carbonyl (C=O) groups is 1. The van der Waals surface area contributed by atoms with E-state index in [2.05, 4.69) is 5.32 Å². The first-order valence-electron chi connectivity index (χ1n) is 7.03. The number of hydrogen-bond donors (Lipinski definition) is 1. The van der Waals surface area contributed by atoms with Crippen LogP contribution >= 0.6 is 23.5 Å². The summed E-state index contributed by atoms with van der Waals surface area (Å²) in [6.45, 7) is 0. The number of amides is 1. The predicted molar refractivity (Wildman–Crippen MR) is 95.1 cm³/mol. The molecule has 1 aliphatic rings. The fraction of sp³-hybridized carbons (Fsp3) is 0.188. The Kier molecular flexibility index (Phi) is 4.88. The molecular formula is C16H14N2O3S2. The van der Waals surface area contributed by atoms with Gasteiger partial charge in [0, 0.05) is 23.3 Å². The molecule has 1 aliphatic heterocycles. The van der Waals surface area contributed by atoms with Gasteiger partial charge >= 0.3 is 0 Å². The molecule has 1 N–H and O–H groups in total. The quantitative estimate of drug-likeness (QED) is 0.659. The summed E-state index contributed by atoms with van der Waals surface area (Å²) in [6, 6.07) is 13.6. The number of carbonyl (C=O) groups excluding carboxylic acids is 1. The summed E-state index contributed by atoms with van der Waals surface area (Å²) in [5, 5.41) is 13.8. The van der Waals surface area contributed by atoms with E-state index < -0.39 is 10.8 Å². The van der Waals surface area contributed by atoms with Crippen LogP contribution in [0.1, 0.15) is 20.5 Å². The largest absolute Gasteiger partial charge is 0.322 e. The molecule has 2 aromatic rings. The standard InChI is InChI=1S/C16H14N2O3S2/c19-15(13-6-1-2-7-14(13)18(20)21)17-12-5-3-4-11(10-12)16-22-8-9-23-16/h1-7,10,16H,8-9H2,(H,17,19). The molecule has 1 heterocycles. The summed E-state index contributed by atoms with van der Waals surface area (Å²) in [5.41, 5.74) is 1.67. The maximum atomic E-state index is 12.3. The molecule has 23 heavy (non-hydrogen) atoms. The summed E-state index contributed by atoms with van der Waals surface area (Å²) in [4.78, 5) is 22.8. The zero-order valence-electron chi connectivity index (χ0n) is 12.1. The van der Waals surface area contributed by atoms with Crippen LogP contribution in [0.5, 0.6) is 0 Å². The second kappa shape index (κ2) is 7.06. The topological polar surface area (TPSA) is 72.2 Å². The van der Waals surface area contributed by atoms with E-state index in [0.717, 1.165) is 17.1 Å². The van der Waals surface area contributed by atoms with Gasteiger partial charge in [0.15, 0.2) is 0 Å². The van der Waals surface area contributed by atoms with Gasteiger partial charge in [-0.15, -0.1) is 23.5 Å². The third kappa shape index (κ3) is 3.68. The van der Waals surface area contributed by atoms with Crippen molar-refractivity contribution in [3.8, 4) is 0 Å². The van der Waals surface area contributed by atoms with Gasteiger partial charge in [-0.3, -0.25) is 14.9 Å². The number of nitrogens with one attached hydrogen (secondary N) is 1. The van der Waals surface area contributed by atoms with Crippen molar-refractivity contribution in [2.45, 2.75) is 4.58 Å². The summed E-state index contributed by atoms with van der Waals surface area (Å²) in [6.07, 6.45) is 0. The molecule has 7 heteroatoms. The minimum atomic E-state index is -0.545. The van der Waals surface area contributed by atoms with Crippen molar-refractivity contribution < 1.29 is 9.72 Å². The molecule has 0 aromatic heterocycles. The predicted octanol–water partition coefficient (Wildman–Crippen LogP) is 4.33. The van der Waals surface area contributed by atoms with Gasteiger partial charge in [-0.05, 0) is 23.8 Å². The van der Waals surface area contributed by atoms with Crippen LogP contribution in [-0.2, 0) is 0 Å². The van der Waals surface area contributed by atoms with Gasteiger partial charge in [-0.25, -0.2) is 0 Å². The molecule has 0 unspecified atom stereocenters. The highest BCUT2D eigenvalue weighted by molar-refractivity contribution is 8.19. The lowest BCUT2D eigenvalue weighted by Crippen LogP contribution is -2.14. The number of anilines is 1. The lowest BCUT2D eigenvalue weighted by Gasteiger charge is -2.11. The van der Waals surface area contributed by atoms with E-state index in [1.807, 2.05) is 41.7 Å². The Labute approximate surface area is 142 Å². The number of nitrogens with zero attached hydrogens (tertiary/aromatic N) is 1. The van der Waals surface area contributed by atoms with Crippen molar-refractivity contribution in [3.63, 3.8) is 0 Å². The molecule has 2 aromatic carbocycles. The van der Waals surface area contributed by atoms with E-state index in [9.17, 15) is 14.9 Å². The first-order valence-corrected chi connectivity index (χ1v) is 9.13. The first-order chi connectivity index (χ1) is 11.1. The highest BCUT2D eigenvalue weighted by Gasteiger charge is 2.21. The zero-order chi connectivity index (χ0) is 16.2. The lowest BCUT2D eigenvalue weighted by molar-refractivity contribution is -0.385. The molecule has 0 radical (unpaired) electrons. The number of thioether (sulfide) groups is 2. The summed E-state index contributed by atoms with van der Waals surface area (Å²) >= 11 is 3.77. The number of rotatable bonds is 4. The van der Waals surface area contributed by atoms with Gasteiger partial charge in [0.05, 0.1) is 9.51 Å². The molecular weight excluding hydrogens is 332 g/mol. The molecule has 3 rings (SSSR count). The summed E-state index contributed by atoms with van der Waals surface area (Å²) < 4.78 is 0.387. The van der Waals surface area contributed by atoms with Gasteiger partial charge in [-0.2, -0.15) is 0 Å². The van der Waals surface area contributed by atoms with Crippen LogP contribution in [0.15, 0.2) is 48.5 Å². The van der Waals surface area contributed by atoms with Crippen LogP contribution in [0.3, 0.4) is 0 Å². The highest BCUT2D eigenvalue weighted by Crippen LogP contribution is 2.45. The molecule has 0 aliphatic carbocycles. The van der Waals surface area contributed by atoms with Crippen molar-refractivity contribution >= 4 is 40.8 Å². The number of benzene rings is 2. The molecule has 0 spiro atoms. The second-order valence-corrected chi connectivity index (χ2v) is 7.65. The molecule has 118 valence electrons. The zero-order valence-corrected chi connectivity index (χ0v) is 13.7. The Hall–Kier alpha value is -1.99. The third-order valence-corrected chi connectivity index (χ3v) is 6.49. The minimum absolute atomic E-state index is 0.0625. The Morgan fingerprint density at radius 2 is 1.87 bits per heavy atom. The van der Waals surface area contributed by atoms with Gasteiger partial charge < -0.3 is 5.32 Å². The van der Waals surface area contributed by atoms with E-state index in [4.69, 9.17) is 0 Å². The minimum Gasteiger partial charge on any atom is -0.322 e. The van der Waals surface area contributed by atoms with E-state index in [-0.39, 0.29) is 11.3 Å². The normalized spacial score (nSPS) is 14.6. The van der Waals surface area contributed by atoms with Crippen molar-refractivity contribution in [1.29, 1.82) is 0 Å². The molecule has 1 amide bonds. The maximum Gasteiger partial charge on any atom is 0.282 e. The molecule has 0 atom stereocenters. The molecule has 1 fully saturated rings.